The summed E-state index contributed by atoms with van der Waals surface area (Å²) in [5, 5.41) is 10.4. The first-order chi connectivity index (χ1) is 10.5. The molecule has 0 saturated carbocycles. The quantitative estimate of drug-likeness (QED) is 0.343. The predicted octanol–water partition coefficient (Wildman–Crippen LogP) is -3.81. The fourth-order valence-electron chi connectivity index (χ4n) is 2.62. The molecule has 0 spiro atoms. The maximum atomic E-state index is 11.5. The molecular weight excluding hydrogens is 340 g/mol. The number of hydrogen-bond acceptors (Lipinski definition) is 9. The number of phosphoric ester groups is 1. The van der Waals surface area contributed by atoms with Gasteiger partial charge in [0.25, 0.3) is 0 Å². The van der Waals surface area contributed by atoms with E-state index in [1.54, 1.807) is 0 Å². The molecule has 2 aliphatic rings. The number of nitrogens with two attached hydrogens (primary N) is 1. The second-order valence-electron chi connectivity index (χ2n) is 4.97. The molecule has 2 fully saturated rings. The molecule has 2 aliphatic heterocycles. The van der Waals surface area contributed by atoms with E-state index < -0.39 is 32.4 Å². The van der Waals surface area contributed by atoms with Crippen molar-refractivity contribution in [3.8, 4) is 0 Å². The van der Waals surface area contributed by atoms with Crippen molar-refractivity contribution in [1.29, 1.82) is 0 Å². The molecule has 1 unspecified atom stereocenters. The summed E-state index contributed by atoms with van der Waals surface area (Å²) < 4.78 is 28.2. The minimum Gasteiger partial charge on any atom is -0.386 e. The normalized spacial score (nSPS) is 36.6. The second-order valence-corrected chi connectivity index (χ2v) is 6.38. The molecular formula is C10H12N5NaO6P+. The number of nitrogen functional groups attached to an aromatic ring is 1. The zero-order valence-electron chi connectivity index (χ0n) is 12.0. The van der Waals surface area contributed by atoms with Gasteiger partial charge in [0.05, 0.1) is 12.9 Å². The van der Waals surface area contributed by atoms with E-state index in [0.717, 1.165) is 0 Å². The van der Waals surface area contributed by atoms with E-state index in [0.29, 0.717) is 11.2 Å². The summed E-state index contributed by atoms with van der Waals surface area (Å²) in [6.45, 7) is -0.157. The Bertz CT molecular complexity index is 788. The summed E-state index contributed by atoms with van der Waals surface area (Å²) in [7, 11) is -4.16. The molecule has 0 radical (unpaired) electrons. The van der Waals surface area contributed by atoms with Gasteiger partial charge in [0, 0.05) is 0 Å². The SMILES string of the molecule is Nc1ncnc2c1ncn2[C@@H]1O[C@@H]2COP(=O)(O)O[C@H]2[C@H]1O.[Na+]. The van der Waals surface area contributed by atoms with E-state index in [4.69, 9.17) is 15.0 Å². The summed E-state index contributed by atoms with van der Waals surface area (Å²) in [5.74, 6) is 0.202. The van der Waals surface area contributed by atoms with Crippen LogP contribution in [0.2, 0.25) is 0 Å². The molecule has 0 aromatic carbocycles. The van der Waals surface area contributed by atoms with E-state index in [9.17, 15) is 14.6 Å². The van der Waals surface area contributed by atoms with Gasteiger partial charge in [-0.3, -0.25) is 13.6 Å². The minimum atomic E-state index is -4.16. The fraction of sp³-hybridized carbons (Fsp3) is 0.500. The van der Waals surface area contributed by atoms with Crippen LogP contribution in [-0.4, -0.2) is 54.4 Å². The van der Waals surface area contributed by atoms with Crippen molar-refractivity contribution >= 4 is 24.8 Å². The third-order valence-electron chi connectivity index (χ3n) is 3.63. The van der Waals surface area contributed by atoms with Crippen molar-refractivity contribution in [3.05, 3.63) is 12.7 Å². The molecule has 2 aromatic heterocycles. The van der Waals surface area contributed by atoms with Gasteiger partial charge in [-0.15, -0.1) is 0 Å². The van der Waals surface area contributed by atoms with Crippen molar-refractivity contribution in [2.75, 3.05) is 12.3 Å². The van der Waals surface area contributed by atoms with E-state index in [1.165, 1.54) is 17.2 Å². The molecule has 11 nitrogen and oxygen atoms in total. The van der Waals surface area contributed by atoms with E-state index in [1.807, 2.05) is 0 Å². The molecule has 4 rings (SSSR count). The van der Waals surface area contributed by atoms with Crippen molar-refractivity contribution < 1.29 is 57.9 Å². The Morgan fingerprint density at radius 2 is 2.17 bits per heavy atom. The zero-order chi connectivity index (χ0) is 15.5. The van der Waals surface area contributed by atoms with Gasteiger partial charge in [-0.1, -0.05) is 0 Å². The number of hydrogen-bond donors (Lipinski definition) is 3. The van der Waals surface area contributed by atoms with Gasteiger partial charge in [-0.2, -0.15) is 0 Å². The number of ether oxygens (including phenoxy) is 1. The minimum absolute atomic E-state index is 0. The standard InChI is InChI=1S/C10H12N5O6P.Na/c11-8-5-9(13-2-12-8)15(3-14-5)10-6(16)7-4(20-10)1-19-22(17,18)21-7;/h2-4,6-7,10,16H,1H2,(H,17,18)(H2,11,12,13);/q;+1/t4-,6-,7-,10-;/m1./s1. The topological polar surface area (TPSA) is 155 Å². The number of aliphatic hydroxyl groups excluding tert-OH is 1. The predicted molar refractivity (Wildman–Crippen MR) is 70.3 cm³/mol. The zero-order valence-corrected chi connectivity index (χ0v) is 14.9. The Morgan fingerprint density at radius 1 is 1.39 bits per heavy atom. The van der Waals surface area contributed by atoms with Gasteiger partial charge in [-0.25, -0.2) is 19.5 Å². The van der Waals surface area contributed by atoms with E-state index in [-0.39, 0.29) is 42.0 Å². The van der Waals surface area contributed by atoms with Crippen LogP contribution in [0.5, 0.6) is 0 Å². The number of anilines is 1. The maximum absolute atomic E-state index is 11.5. The van der Waals surface area contributed by atoms with Gasteiger partial charge in [0.2, 0.25) is 0 Å². The van der Waals surface area contributed by atoms with Crippen molar-refractivity contribution in [2.45, 2.75) is 24.5 Å². The van der Waals surface area contributed by atoms with Crippen LogP contribution in [0.4, 0.5) is 5.82 Å². The van der Waals surface area contributed by atoms with Crippen LogP contribution in [0.15, 0.2) is 12.7 Å². The van der Waals surface area contributed by atoms with Gasteiger partial charge in [-0.05, 0) is 0 Å². The Hall–Kier alpha value is -0.620. The molecule has 0 amide bonds. The fourth-order valence-corrected chi connectivity index (χ4v) is 3.59. The molecule has 23 heavy (non-hydrogen) atoms. The van der Waals surface area contributed by atoms with Gasteiger partial charge in [0.1, 0.15) is 30.2 Å². The van der Waals surface area contributed by atoms with Crippen molar-refractivity contribution in [3.63, 3.8) is 0 Å². The first kappa shape index (κ1) is 17.2. The van der Waals surface area contributed by atoms with Crippen LogP contribution in [0, 0.1) is 0 Å². The number of fused-ring (bicyclic) bond motifs is 2. The second kappa shape index (κ2) is 6.03. The Kier molecular flexibility index (Phi) is 4.51. The van der Waals surface area contributed by atoms with Crippen LogP contribution in [0.1, 0.15) is 6.23 Å². The number of aromatic nitrogens is 4. The van der Waals surface area contributed by atoms with Crippen molar-refractivity contribution in [1.82, 2.24) is 19.5 Å². The van der Waals surface area contributed by atoms with Crippen LogP contribution in [-0.2, 0) is 18.3 Å². The molecule has 2 saturated heterocycles. The van der Waals surface area contributed by atoms with Crippen LogP contribution >= 0.6 is 7.82 Å². The molecule has 118 valence electrons. The molecule has 0 bridgehead atoms. The van der Waals surface area contributed by atoms with Gasteiger partial charge < -0.3 is 20.5 Å². The van der Waals surface area contributed by atoms with E-state index >= 15 is 0 Å². The largest absolute Gasteiger partial charge is 1.00 e. The smallest absolute Gasteiger partial charge is 0.386 e. The van der Waals surface area contributed by atoms with E-state index in [2.05, 4.69) is 19.5 Å². The first-order valence-corrected chi connectivity index (χ1v) is 7.88. The Balaban J connectivity index is 0.00000156. The number of imidazole rings is 1. The third kappa shape index (κ3) is 2.82. The van der Waals surface area contributed by atoms with Crippen LogP contribution < -0.4 is 35.3 Å². The van der Waals surface area contributed by atoms with Crippen molar-refractivity contribution in [2.24, 2.45) is 0 Å². The summed E-state index contributed by atoms with van der Waals surface area (Å²) >= 11 is 0. The number of aliphatic hydroxyl groups is 1. The monoisotopic (exact) mass is 352 g/mol. The molecule has 4 N–H and O–H groups in total. The summed E-state index contributed by atoms with van der Waals surface area (Å²) in [5.41, 5.74) is 6.46. The first-order valence-electron chi connectivity index (χ1n) is 6.38. The van der Waals surface area contributed by atoms with Crippen LogP contribution in [0.25, 0.3) is 11.2 Å². The number of phosphoric acid groups is 1. The molecule has 0 aliphatic carbocycles. The molecule has 13 heteroatoms. The number of rotatable bonds is 1. The molecule has 2 aromatic rings. The summed E-state index contributed by atoms with van der Waals surface area (Å²) in [4.78, 5) is 21.3. The maximum Gasteiger partial charge on any atom is 1.00 e. The average Bonchev–Trinajstić information content (AvgIpc) is 3.01. The van der Waals surface area contributed by atoms with Gasteiger partial charge in [0.15, 0.2) is 17.7 Å². The number of nitrogens with zero attached hydrogens (tertiary/aromatic N) is 4. The third-order valence-corrected chi connectivity index (χ3v) is 4.61. The molecule has 4 heterocycles. The molecule has 5 atom stereocenters. The summed E-state index contributed by atoms with van der Waals surface area (Å²) in [6.07, 6.45) is -1.07. The van der Waals surface area contributed by atoms with Gasteiger partial charge >= 0.3 is 37.4 Å². The Labute approximate surface area is 151 Å². The Morgan fingerprint density at radius 3 is 2.96 bits per heavy atom. The average molecular weight is 352 g/mol. The van der Waals surface area contributed by atoms with Crippen LogP contribution in [0.3, 0.4) is 0 Å². The summed E-state index contributed by atoms with van der Waals surface area (Å²) in [6, 6.07) is 0.